The van der Waals surface area contributed by atoms with Gasteiger partial charge in [0.1, 0.15) is 0 Å². The van der Waals surface area contributed by atoms with Crippen molar-refractivity contribution < 1.29 is 25.9 Å². The molecule has 9 heteroatoms. The average Bonchev–Trinajstić information content (AvgIpc) is 2.44. The van der Waals surface area contributed by atoms with Crippen molar-refractivity contribution in [3.05, 3.63) is 0 Å². The van der Waals surface area contributed by atoms with Gasteiger partial charge in [-0.1, -0.05) is 0 Å². The first-order valence-electron chi connectivity index (χ1n) is 4.59. The van der Waals surface area contributed by atoms with Gasteiger partial charge in [-0.2, -0.15) is 13.7 Å². The number of nitrogens with zero attached hydrogens (tertiary/aromatic N) is 1. The summed E-state index contributed by atoms with van der Waals surface area (Å²) < 4.78 is 55.9. The Morgan fingerprint density at radius 1 is 1.56 bits per heavy atom. The van der Waals surface area contributed by atoms with E-state index in [0.717, 1.165) is 0 Å². The Hall–Kier alpha value is -0.530. The molecule has 2 N–H and O–H groups in total. The van der Waals surface area contributed by atoms with Crippen LogP contribution < -0.4 is 0 Å². The van der Waals surface area contributed by atoms with Crippen molar-refractivity contribution >= 4 is 20.6 Å². The van der Waals surface area contributed by atoms with Crippen molar-refractivity contribution in [2.24, 2.45) is 0 Å². The SMILES string of the molecule is N#CCCC(C1CCS(=O)(=O)O1)[SH](=O)(O)O. The molecule has 1 saturated heterocycles. The molecule has 0 bridgehead atoms. The second-order valence-corrected chi connectivity index (χ2v) is 7.10. The van der Waals surface area contributed by atoms with Gasteiger partial charge < -0.3 is 9.11 Å². The first-order valence-corrected chi connectivity index (χ1v) is 7.85. The van der Waals surface area contributed by atoms with Crippen LogP contribution in [0.2, 0.25) is 0 Å². The summed E-state index contributed by atoms with van der Waals surface area (Å²) in [6, 6.07) is 1.77. The van der Waals surface area contributed by atoms with E-state index in [1.165, 1.54) is 0 Å². The Kier molecular flexibility index (Phi) is 4.03. The Labute approximate surface area is 94.6 Å². The highest BCUT2D eigenvalue weighted by atomic mass is 32.3. The van der Waals surface area contributed by atoms with Crippen molar-refractivity contribution in [2.75, 3.05) is 5.75 Å². The van der Waals surface area contributed by atoms with Crippen LogP contribution in [0.25, 0.3) is 0 Å². The number of hydrogen-bond donors (Lipinski definition) is 3. The third-order valence-electron chi connectivity index (χ3n) is 2.34. The molecule has 94 valence electrons. The lowest BCUT2D eigenvalue weighted by Crippen LogP contribution is -2.38. The maximum Gasteiger partial charge on any atom is 0.267 e. The Morgan fingerprint density at radius 2 is 2.19 bits per heavy atom. The molecule has 2 unspecified atom stereocenters. The van der Waals surface area contributed by atoms with Crippen LogP contribution in [0.15, 0.2) is 0 Å². The van der Waals surface area contributed by atoms with Crippen LogP contribution in [0.5, 0.6) is 0 Å². The summed E-state index contributed by atoms with van der Waals surface area (Å²) in [7, 11) is -8.10. The molecule has 1 fully saturated rings. The summed E-state index contributed by atoms with van der Waals surface area (Å²) in [4.78, 5) is 0. The van der Waals surface area contributed by atoms with E-state index in [1.54, 1.807) is 6.07 Å². The van der Waals surface area contributed by atoms with Gasteiger partial charge in [0.2, 0.25) is 0 Å². The van der Waals surface area contributed by atoms with Crippen molar-refractivity contribution in [1.82, 2.24) is 0 Å². The zero-order chi connectivity index (χ0) is 12.4. The van der Waals surface area contributed by atoms with Crippen LogP contribution >= 0.6 is 0 Å². The second kappa shape index (κ2) is 4.77. The van der Waals surface area contributed by atoms with Gasteiger partial charge in [-0.25, -0.2) is 4.21 Å². The number of thiol groups is 1. The predicted molar refractivity (Wildman–Crippen MR) is 56.7 cm³/mol. The predicted octanol–water partition coefficient (Wildman–Crippen LogP) is -0.260. The van der Waals surface area contributed by atoms with Gasteiger partial charge in [-0.05, 0) is 12.8 Å². The third kappa shape index (κ3) is 3.50. The minimum absolute atomic E-state index is 0.0459. The second-order valence-electron chi connectivity index (χ2n) is 3.54. The molecular formula is C7H13NO6S2. The fourth-order valence-electron chi connectivity index (χ4n) is 1.58. The first kappa shape index (κ1) is 13.5. The summed E-state index contributed by atoms with van der Waals surface area (Å²) in [6.45, 7) is 0. The van der Waals surface area contributed by atoms with Gasteiger partial charge in [0.05, 0.1) is 33.7 Å². The van der Waals surface area contributed by atoms with Gasteiger partial charge in [-0.3, -0.25) is 4.18 Å². The zero-order valence-corrected chi connectivity index (χ0v) is 10.0. The van der Waals surface area contributed by atoms with E-state index >= 15 is 0 Å². The molecule has 0 aromatic carbocycles. The molecule has 16 heavy (non-hydrogen) atoms. The van der Waals surface area contributed by atoms with Crippen molar-refractivity contribution in [3.63, 3.8) is 0 Å². The summed E-state index contributed by atoms with van der Waals surface area (Å²) >= 11 is 0. The summed E-state index contributed by atoms with van der Waals surface area (Å²) in [5.41, 5.74) is 0. The molecule has 0 aromatic heterocycles. The number of rotatable bonds is 4. The highest BCUT2D eigenvalue weighted by Crippen LogP contribution is 2.27. The molecule has 1 aliphatic heterocycles. The topological polar surface area (TPSA) is 125 Å². The van der Waals surface area contributed by atoms with Crippen LogP contribution in [0.3, 0.4) is 0 Å². The molecule has 0 aromatic rings. The summed E-state index contributed by atoms with van der Waals surface area (Å²) in [5.74, 6) is -0.235. The van der Waals surface area contributed by atoms with Crippen molar-refractivity contribution in [1.29, 1.82) is 5.26 Å². The van der Waals surface area contributed by atoms with Crippen molar-refractivity contribution in [2.45, 2.75) is 30.6 Å². The fraction of sp³-hybridized carbons (Fsp3) is 0.857. The van der Waals surface area contributed by atoms with E-state index in [-0.39, 0.29) is 25.0 Å². The molecule has 7 nitrogen and oxygen atoms in total. The number of nitriles is 1. The maximum absolute atomic E-state index is 11.1. The van der Waals surface area contributed by atoms with Crippen molar-refractivity contribution in [3.8, 4) is 6.07 Å². The van der Waals surface area contributed by atoms with Gasteiger partial charge in [0.25, 0.3) is 10.1 Å². The molecular weight excluding hydrogens is 258 g/mol. The van der Waals surface area contributed by atoms with Crippen LogP contribution in [-0.4, -0.2) is 38.8 Å². The number of hydrogen-bond acceptors (Lipinski definition) is 5. The lowest BCUT2D eigenvalue weighted by atomic mass is 10.1. The molecule has 0 aliphatic carbocycles. The lowest BCUT2D eigenvalue weighted by molar-refractivity contribution is 0.213. The van der Waals surface area contributed by atoms with Gasteiger partial charge >= 0.3 is 0 Å². The summed E-state index contributed by atoms with van der Waals surface area (Å²) in [5, 5.41) is 7.15. The molecule has 1 aliphatic rings. The molecule has 0 amide bonds. The van der Waals surface area contributed by atoms with Gasteiger partial charge in [-0.15, -0.1) is 0 Å². The molecule has 0 radical (unpaired) electrons. The molecule has 0 saturated carbocycles. The molecule has 1 heterocycles. The first-order chi connectivity index (χ1) is 7.26. The van der Waals surface area contributed by atoms with Crippen LogP contribution in [0.1, 0.15) is 19.3 Å². The minimum atomic E-state index is -4.45. The Bertz CT molecular complexity index is 432. The van der Waals surface area contributed by atoms with Crippen LogP contribution in [-0.2, 0) is 24.8 Å². The van der Waals surface area contributed by atoms with E-state index in [4.69, 9.17) is 14.4 Å². The average molecular weight is 271 g/mol. The molecule has 1 rings (SSSR count). The molecule has 0 spiro atoms. The Morgan fingerprint density at radius 3 is 2.56 bits per heavy atom. The normalized spacial score (nSPS) is 27.2. The largest absolute Gasteiger partial charge is 0.309 e. The zero-order valence-electron chi connectivity index (χ0n) is 8.31. The van der Waals surface area contributed by atoms with E-state index in [2.05, 4.69) is 4.18 Å². The summed E-state index contributed by atoms with van der Waals surface area (Å²) in [6.07, 6.45) is -1.07. The highest BCUT2D eigenvalue weighted by molar-refractivity contribution is 7.93. The molecule has 2 atom stereocenters. The van der Waals surface area contributed by atoms with E-state index < -0.39 is 32.0 Å². The van der Waals surface area contributed by atoms with E-state index in [1.807, 2.05) is 0 Å². The van der Waals surface area contributed by atoms with Crippen LogP contribution in [0, 0.1) is 11.3 Å². The third-order valence-corrected chi connectivity index (χ3v) is 5.07. The van der Waals surface area contributed by atoms with Gasteiger partial charge in [0, 0.05) is 6.42 Å². The fourth-order valence-corrected chi connectivity index (χ4v) is 4.00. The standard InChI is InChI=1S/C7H13NO6S2/c8-4-1-2-7(16(11,12)13)6-3-5-15(9,10)14-6/h6-7,16H,1-3,5H2,(H2,11,12,13). The smallest absolute Gasteiger partial charge is 0.267 e. The van der Waals surface area contributed by atoms with Gasteiger partial charge in [0.15, 0.2) is 0 Å². The van der Waals surface area contributed by atoms with Crippen LogP contribution in [0.4, 0.5) is 0 Å². The monoisotopic (exact) mass is 271 g/mol. The van der Waals surface area contributed by atoms with E-state index in [9.17, 15) is 12.6 Å². The lowest BCUT2D eigenvalue weighted by Gasteiger charge is -2.26. The highest BCUT2D eigenvalue weighted by Gasteiger charge is 2.39. The Balaban J connectivity index is 2.80. The minimum Gasteiger partial charge on any atom is -0.309 e. The maximum atomic E-state index is 11.1. The van der Waals surface area contributed by atoms with E-state index in [0.29, 0.717) is 0 Å². The quantitative estimate of drug-likeness (QED) is 0.475.